The molecule has 2 rings (SSSR count). The van der Waals surface area contributed by atoms with Crippen molar-refractivity contribution in [1.82, 2.24) is 4.98 Å². The molecule has 0 aliphatic carbocycles. The molecule has 0 amide bonds. The van der Waals surface area contributed by atoms with Crippen LogP contribution in [-0.4, -0.2) is 10.1 Å². The topological polar surface area (TPSA) is 33.1 Å². The zero-order valence-corrected chi connectivity index (χ0v) is 10.5. The van der Waals surface area contributed by atoms with E-state index in [0.29, 0.717) is 0 Å². The highest BCUT2D eigenvalue weighted by molar-refractivity contribution is 9.10. The minimum atomic E-state index is -0.598. The molecule has 1 N–H and O–H groups in total. The van der Waals surface area contributed by atoms with Gasteiger partial charge < -0.3 is 5.11 Å². The molecule has 2 nitrogen and oxygen atoms in total. The first-order valence-electron chi connectivity index (χ1n) is 4.50. The average Bonchev–Trinajstić information content (AvgIpc) is 2.64. The number of thiophene rings is 1. The molecule has 0 spiro atoms. The summed E-state index contributed by atoms with van der Waals surface area (Å²) in [6.07, 6.45) is 2.84. The lowest BCUT2D eigenvalue weighted by Crippen LogP contribution is -2.01. The Morgan fingerprint density at radius 3 is 2.80 bits per heavy atom. The Bertz CT molecular complexity index is 469. The van der Waals surface area contributed by atoms with Crippen LogP contribution in [0.2, 0.25) is 0 Å². The van der Waals surface area contributed by atoms with E-state index in [1.807, 2.05) is 23.8 Å². The molecule has 78 valence electrons. The van der Waals surface area contributed by atoms with Crippen molar-refractivity contribution >= 4 is 27.3 Å². The van der Waals surface area contributed by atoms with E-state index in [4.69, 9.17) is 0 Å². The quantitative estimate of drug-likeness (QED) is 0.918. The Hall–Kier alpha value is -0.710. The number of aryl methyl sites for hydroxylation is 1. The summed E-state index contributed by atoms with van der Waals surface area (Å²) in [5.41, 5.74) is 2.81. The third-order valence-corrected chi connectivity index (χ3v) is 4.06. The van der Waals surface area contributed by atoms with Crippen molar-refractivity contribution in [2.75, 3.05) is 0 Å². The second kappa shape index (κ2) is 4.43. The molecule has 4 heteroatoms. The first kappa shape index (κ1) is 10.8. The van der Waals surface area contributed by atoms with Gasteiger partial charge in [-0.2, -0.15) is 11.3 Å². The maximum atomic E-state index is 10.2. The molecule has 0 aliphatic rings. The van der Waals surface area contributed by atoms with E-state index in [1.54, 1.807) is 23.7 Å². The van der Waals surface area contributed by atoms with Gasteiger partial charge in [0.2, 0.25) is 0 Å². The summed E-state index contributed by atoms with van der Waals surface area (Å²) in [6.45, 7) is 1.97. The van der Waals surface area contributed by atoms with Gasteiger partial charge in [0.15, 0.2) is 0 Å². The van der Waals surface area contributed by atoms with Crippen LogP contribution >= 0.6 is 27.3 Å². The molecule has 2 aromatic heterocycles. The van der Waals surface area contributed by atoms with Gasteiger partial charge in [0.1, 0.15) is 6.10 Å². The molecule has 0 aliphatic heterocycles. The van der Waals surface area contributed by atoms with Gasteiger partial charge in [0.05, 0.1) is 0 Å². The lowest BCUT2D eigenvalue weighted by Gasteiger charge is -2.12. The van der Waals surface area contributed by atoms with Crippen molar-refractivity contribution < 1.29 is 5.11 Å². The summed E-state index contributed by atoms with van der Waals surface area (Å²) in [7, 11) is 0. The number of aliphatic hydroxyl groups excluding tert-OH is 1. The molecule has 2 heterocycles. The van der Waals surface area contributed by atoms with Gasteiger partial charge in [-0.25, -0.2) is 0 Å². The fourth-order valence-electron chi connectivity index (χ4n) is 1.42. The number of nitrogens with zero attached hydrogens (tertiary/aromatic N) is 1. The van der Waals surface area contributed by atoms with Crippen LogP contribution in [0.15, 0.2) is 33.7 Å². The molecule has 1 atom stereocenters. The highest BCUT2D eigenvalue weighted by Gasteiger charge is 2.16. The van der Waals surface area contributed by atoms with Crippen LogP contribution in [0.4, 0.5) is 0 Å². The second-order valence-electron chi connectivity index (χ2n) is 3.31. The maximum Gasteiger partial charge on any atom is 0.108 e. The molecule has 0 saturated carbocycles. The monoisotopic (exact) mass is 283 g/mol. The third-order valence-electron chi connectivity index (χ3n) is 2.31. The summed E-state index contributed by atoms with van der Waals surface area (Å²) in [6, 6.07) is 1.90. The van der Waals surface area contributed by atoms with Crippen molar-refractivity contribution in [1.29, 1.82) is 0 Å². The Morgan fingerprint density at radius 2 is 2.20 bits per heavy atom. The standard InChI is InChI=1S/C11H10BrNOS/c1-7-2-3-13-4-8(7)11(14)9-5-15-6-10(9)12/h2-6,11,14H,1H3. The summed E-state index contributed by atoms with van der Waals surface area (Å²) < 4.78 is 0.947. The molecule has 0 fully saturated rings. The van der Waals surface area contributed by atoms with E-state index in [9.17, 15) is 5.11 Å². The van der Waals surface area contributed by atoms with Gasteiger partial charge in [0, 0.05) is 33.4 Å². The predicted octanol–water partition coefficient (Wildman–Crippen LogP) is 3.30. The number of pyridine rings is 1. The zero-order chi connectivity index (χ0) is 10.8. The lowest BCUT2D eigenvalue weighted by atomic mass is 10.0. The van der Waals surface area contributed by atoms with Crippen LogP contribution in [0.5, 0.6) is 0 Å². The summed E-state index contributed by atoms with van der Waals surface area (Å²) in [4.78, 5) is 4.03. The molecule has 0 aromatic carbocycles. The van der Waals surface area contributed by atoms with Gasteiger partial charge in [-0.05, 0) is 39.9 Å². The third kappa shape index (κ3) is 2.12. The smallest absolute Gasteiger partial charge is 0.108 e. The molecule has 0 bridgehead atoms. The van der Waals surface area contributed by atoms with E-state index < -0.39 is 6.10 Å². The summed E-state index contributed by atoms with van der Waals surface area (Å²) in [5, 5.41) is 14.1. The molecule has 0 saturated heterocycles. The van der Waals surface area contributed by atoms with Crippen molar-refractivity contribution in [2.45, 2.75) is 13.0 Å². The van der Waals surface area contributed by atoms with Crippen molar-refractivity contribution in [3.8, 4) is 0 Å². The van der Waals surface area contributed by atoms with Gasteiger partial charge in [0.25, 0.3) is 0 Å². The highest BCUT2D eigenvalue weighted by Crippen LogP contribution is 2.32. The van der Waals surface area contributed by atoms with Crippen LogP contribution < -0.4 is 0 Å². The van der Waals surface area contributed by atoms with E-state index in [2.05, 4.69) is 20.9 Å². The molecule has 0 radical (unpaired) electrons. The fourth-order valence-corrected chi connectivity index (χ4v) is 2.95. The van der Waals surface area contributed by atoms with Crippen LogP contribution in [0.1, 0.15) is 22.8 Å². The van der Waals surface area contributed by atoms with E-state index >= 15 is 0 Å². The average molecular weight is 284 g/mol. The number of aliphatic hydroxyl groups is 1. The molecular weight excluding hydrogens is 274 g/mol. The predicted molar refractivity (Wildman–Crippen MR) is 65.1 cm³/mol. The maximum absolute atomic E-state index is 10.2. The Kier molecular flexibility index (Phi) is 3.19. The molecule has 1 unspecified atom stereocenters. The van der Waals surface area contributed by atoms with Gasteiger partial charge in [-0.1, -0.05) is 0 Å². The minimum Gasteiger partial charge on any atom is -0.384 e. The molecular formula is C11H10BrNOS. The zero-order valence-electron chi connectivity index (χ0n) is 8.14. The Morgan fingerprint density at radius 1 is 1.40 bits per heavy atom. The SMILES string of the molecule is Cc1ccncc1C(O)c1cscc1Br. The number of hydrogen-bond acceptors (Lipinski definition) is 3. The van der Waals surface area contributed by atoms with Crippen molar-refractivity contribution in [2.24, 2.45) is 0 Å². The second-order valence-corrected chi connectivity index (χ2v) is 4.91. The van der Waals surface area contributed by atoms with Gasteiger partial charge in [-0.3, -0.25) is 4.98 Å². The van der Waals surface area contributed by atoms with E-state index in [-0.39, 0.29) is 0 Å². The normalized spacial score (nSPS) is 12.7. The van der Waals surface area contributed by atoms with Gasteiger partial charge in [-0.15, -0.1) is 0 Å². The van der Waals surface area contributed by atoms with Crippen LogP contribution in [0.25, 0.3) is 0 Å². The van der Waals surface area contributed by atoms with Crippen LogP contribution in [-0.2, 0) is 0 Å². The van der Waals surface area contributed by atoms with E-state index in [1.165, 1.54) is 0 Å². The molecule has 15 heavy (non-hydrogen) atoms. The van der Waals surface area contributed by atoms with Crippen molar-refractivity contribution in [3.63, 3.8) is 0 Å². The fraction of sp³-hybridized carbons (Fsp3) is 0.182. The largest absolute Gasteiger partial charge is 0.384 e. The number of halogens is 1. The first-order valence-corrected chi connectivity index (χ1v) is 6.24. The lowest BCUT2D eigenvalue weighted by molar-refractivity contribution is 0.219. The number of aromatic nitrogens is 1. The molecule has 2 aromatic rings. The summed E-state index contributed by atoms with van der Waals surface area (Å²) >= 11 is 4.99. The van der Waals surface area contributed by atoms with Gasteiger partial charge >= 0.3 is 0 Å². The Balaban J connectivity index is 2.41. The Labute approximate surface area is 101 Å². The summed E-state index contributed by atoms with van der Waals surface area (Å²) in [5.74, 6) is 0. The minimum absolute atomic E-state index is 0.598. The van der Waals surface area contributed by atoms with Crippen molar-refractivity contribution in [3.05, 3.63) is 50.4 Å². The highest BCUT2D eigenvalue weighted by atomic mass is 79.9. The van der Waals surface area contributed by atoms with Crippen LogP contribution in [0.3, 0.4) is 0 Å². The first-order chi connectivity index (χ1) is 7.20. The number of hydrogen-bond donors (Lipinski definition) is 1. The van der Waals surface area contributed by atoms with Crippen LogP contribution in [0, 0.1) is 6.92 Å². The van der Waals surface area contributed by atoms with E-state index in [0.717, 1.165) is 21.2 Å². The number of rotatable bonds is 2.